The zero-order valence-electron chi connectivity index (χ0n) is 26.5. The van der Waals surface area contributed by atoms with Crippen LogP contribution in [0.5, 0.6) is 17.2 Å². The van der Waals surface area contributed by atoms with E-state index in [0.29, 0.717) is 17.4 Å². The van der Waals surface area contributed by atoms with E-state index in [1.54, 1.807) is 24.3 Å². The molecule has 0 spiro atoms. The van der Waals surface area contributed by atoms with Crippen molar-refractivity contribution in [3.8, 4) is 17.2 Å². The molecule has 0 aromatic heterocycles. The van der Waals surface area contributed by atoms with Crippen molar-refractivity contribution in [3.05, 3.63) is 90.5 Å². The molecule has 0 aliphatic carbocycles. The topological polar surface area (TPSA) is 115 Å². The van der Waals surface area contributed by atoms with E-state index < -0.39 is 0 Å². The van der Waals surface area contributed by atoms with E-state index in [1.165, 1.54) is 5.56 Å². The highest BCUT2D eigenvalue weighted by Gasteiger charge is 1.99. The molecule has 3 aromatic carbocycles. The van der Waals surface area contributed by atoms with Gasteiger partial charge < -0.3 is 28.9 Å². The van der Waals surface area contributed by atoms with Gasteiger partial charge in [0.1, 0.15) is 36.1 Å². The van der Waals surface area contributed by atoms with Gasteiger partial charge in [-0.05, 0) is 47.9 Å². The van der Waals surface area contributed by atoms with Crippen molar-refractivity contribution in [2.75, 3.05) is 19.6 Å². The maximum Gasteiger partial charge on any atom is 0.147 e. The largest absolute Gasteiger partial charge is 0.408 e. The van der Waals surface area contributed by atoms with Crippen LogP contribution in [0.1, 0.15) is 74.3 Å². The van der Waals surface area contributed by atoms with Gasteiger partial charge in [-0.1, -0.05) is 111 Å². The Kier molecular flexibility index (Phi) is 40.5. The Morgan fingerprint density at radius 2 is 0.791 bits per heavy atom. The van der Waals surface area contributed by atoms with E-state index in [0.717, 1.165) is 24.6 Å². The van der Waals surface area contributed by atoms with Gasteiger partial charge in [0.25, 0.3) is 0 Å². The lowest BCUT2D eigenvalue weighted by Gasteiger charge is -2.07. The van der Waals surface area contributed by atoms with E-state index in [1.807, 2.05) is 102 Å². The van der Waals surface area contributed by atoms with Crippen molar-refractivity contribution in [2.45, 2.75) is 68.7 Å². The number of hydrogen-bond donors (Lipinski definition) is 3. The summed E-state index contributed by atoms with van der Waals surface area (Å²) in [7, 11) is 0. The Balaban J connectivity index is -0.000000242. The monoisotopic (exact) mass is 601 g/mol. The van der Waals surface area contributed by atoms with Gasteiger partial charge in [-0.25, -0.2) is 0 Å². The Bertz CT molecular complexity index is 907. The van der Waals surface area contributed by atoms with Crippen molar-refractivity contribution in [1.29, 1.82) is 0 Å². The van der Waals surface area contributed by atoms with Crippen molar-refractivity contribution < 1.29 is 28.9 Å². The summed E-state index contributed by atoms with van der Waals surface area (Å²) in [5, 5.41) is 0. The van der Waals surface area contributed by atoms with Crippen LogP contribution in [0.2, 0.25) is 0 Å². The fraction of sp³-hybridized carbons (Fsp3) is 0.382. The summed E-state index contributed by atoms with van der Waals surface area (Å²) in [5.41, 5.74) is 8.77. The highest BCUT2D eigenvalue weighted by atomic mass is 16.7. The number of aldehydes is 3. The zero-order chi connectivity index (χ0) is 32.3. The molecule has 3 N–H and O–H groups in total. The van der Waals surface area contributed by atoms with Crippen molar-refractivity contribution in [2.24, 2.45) is 0 Å². The van der Waals surface area contributed by atoms with E-state index in [-0.39, 0.29) is 27.1 Å². The first-order valence-corrected chi connectivity index (χ1v) is 14.3. The molecule has 0 fully saturated rings. The fourth-order valence-electron chi connectivity index (χ4n) is 2.37. The minimum Gasteiger partial charge on any atom is -0.408 e. The van der Waals surface area contributed by atoms with E-state index in [9.17, 15) is 14.4 Å². The number of nitrogens with one attached hydrogen (secondary N) is 3. The van der Waals surface area contributed by atoms with Gasteiger partial charge in [-0.15, -0.1) is 16.4 Å². The summed E-state index contributed by atoms with van der Waals surface area (Å²) in [4.78, 5) is 44.7. The summed E-state index contributed by atoms with van der Waals surface area (Å²) >= 11 is 0. The fourth-order valence-corrected chi connectivity index (χ4v) is 2.37. The van der Waals surface area contributed by atoms with Gasteiger partial charge in [0.05, 0.1) is 19.6 Å². The number of carbonyl (C=O) groups is 3. The van der Waals surface area contributed by atoms with E-state index in [4.69, 9.17) is 14.5 Å². The molecule has 0 saturated carbocycles. The molecular formula is C34H55N3O6. The third-order valence-electron chi connectivity index (χ3n) is 4.10. The Morgan fingerprint density at radius 1 is 0.512 bits per heavy atom. The van der Waals surface area contributed by atoms with Crippen molar-refractivity contribution in [1.82, 2.24) is 16.4 Å². The smallest absolute Gasteiger partial charge is 0.147 e. The number of hydrogen-bond acceptors (Lipinski definition) is 9. The van der Waals surface area contributed by atoms with Crippen LogP contribution in [-0.2, 0) is 14.4 Å². The molecule has 0 bridgehead atoms. The molecule has 9 nitrogen and oxygen atoms in total. The normalized spacial score (nSPS) is 8.40. The highest BCUT2D eigenvalue weighted by Crippen LogP contribution is 2.17. The lowest BCUT2D eigenvalue weighted by Crippen LogP contribution is -2.20. The predicted molar refractivity (Wildman–Crippen MR) is 178 cm³/mol. The Labute approximate surface area is 260 Å². The van der Waals surface area contributed by atoms with Gasteiger partial charge >= 0.3 is 0 Å². The van der Waals surface area contributed by atoms with Gasteiger partial charge in [-0.3, -0.25) is 0 Å². The minimum atomic E-state index is 0. The molecule has 3 rings (SSSR count). The second kappa shape index (κ2) is 38.0. The van der Waals surface area contributed by atoms with Gasteiger partial charge in [0.2, 0.25) is 0 Å². The van der Waals surface area contributed by atoms with Gasteiger partial charge in [0, 0.05) is 0 Å². The molecule has 242 valence electrons. The van der Waals surface area contributed by atoms with Crippen molar-refractivity contribution in [3.63, 3.8) is 0 Å². The number of carbonyl (C=O) groups excluding carboxylic acids is 3. The average Bonchev–Trinajstić information content (AvgIpc) is 3.06. The molecule has 0 saturated heterocycles. The van der Waals surface area contributed by atoms with Gasteiger partial charge in [-0.2, -0.15) is 0 Å². The second-order valence-electron chi connectivity index (χ2n) is 7.20. The van der Waals surface area contributed by atoms with Crippen LogP contribution >= 0.6 is 0 Å². The first-order valence-electron chi connectivity index (χ1n) is 14.3. The van der Waals surface area contributed by atoms with Crippen molar-refractivity contribution >= 4 is 18.9 Å². The lowest BCUT2D eigenvalue weighted by atomic mass is 10.0. The lowest BCUT2D eigenvalue weighted by molar-refractivity contribution is -0.109. The summed E-state index contributed by atoms with van der Waals surface area (Å²) < 4.78 is 0. The highest BCUT2D eigenvalue weighted by molar-refractivity contribution is 5.52. The predicted octanol–water partition coefficient (Wildman–Crippen LogP) is 7.14. The summed E-state index contributed by atoms with van der Waals surface area (Å²) in [6.07, 6.45) is 2.23. The molecule has 9 heteroatoms. The minimum absolute atomic E-state index is 0. The molecule has 0 aliphatic heterocycles. The molecule has 0 unspecified atom stereocenters. The molecule has 0 atom stereocenters. The van der Waals surface area contributed by atoms with Crippen LogP contribution in [0, 0.1) is 0 Å². The second-order valence-corrected chi connectivity index (χ2v) is 7.20. The number of para-hydroxylation sites is 2. The number of rotatable bonds is 13. The van der Waals surface area contributed by atoms with E-state index in [2.05, 4.69) is 30.3 Å². The van der Waals surface area contributed by atoms with Gasteiger partial charge in [0.15, 0.2) is 0 Å². The Morgan fingerprint density at radius 3 is 1.05 bits per heavy atom. The van der Waals surface area contributed by atoms with Crippen LogP contribution in [0.15, 0.2) is 84.9 Å². The molecule has 0 radical (unpaired) electrons. The van der Waals surface area contributed by atoms with E-state index >= 15 is 0 Å². The Hall–Kier alpha value is -4.05. The molecule has 0 aliphatic rings. The number of benzene rings is 3. The van der Waals surface area contributed by atoms with Crippen LogP contribution in [0.4, 0.5) is 0 Å². The summed E-state index contributed by atoms with van der Waals surface area (Å²) in [6, 6.07) is 26.2. The standard InChI is InChI=1S/C11H15NO2.2C8H9NO2.3C2H6.CH4/c1-9(2)10-3-5-11(6-4-10)14-12-7-8-13;2*10-7-6-9-11-8-4-2-1-3-5-8;3*1-2;/h3-6,8-9,12H,7H2,1-2H3;2*1-5,7,9H,6H2;3*1-2H3;1H4. The molecule has 43 heavy (non-hydrogen) atoms. The number of hydroxylamine groups is 3. The summed E-state index contributed by atoms with van der Waals surface area (Å²) in [5.74, 6) is 2.65. The molecular weight excluding hydrogens is 546 g/mol. The maximum atomic E-state index is 10.00. The first-order chi connectivity index (χ1) is 20.6. The van der Waals surface area contributed by atoms with Crippen LogP contribution in [0.3, 0.4) is 0 Å². The maximum absolute atomic E-state index is 10.00. The quantitative estimate of drug-likeness (QED) is 0.107. The van der Waals surface area contributed by atoms with Crippen LogP contribution < -0.4 is 31.0 Å². The summed E-state index contributed by atoms with van der Waals surface area (Å²) in [6.45, 7) is 16.9. The van der Waals surface area contributed by atoms with Crippen LogP contribution in [-0.4, -0.2) is 38.5 Å². The third kappa shape index (κ3) is 29.2. The van der Waals surface area contributed by atoms with Crippen LogP contribution in [0.25, 0.3) is 0 Å². The average molecular weight is 602 g/mol. The first kappa shape index (κ1) is 45.9. The molecule has 3 aromatic rings. The molecule has 0 heterocycles. The molecule has 0 amide bonds. The zero-order valence-corrected chi connectivity index (χ0v) is 26.5. The SMILES string of the molecule is C.CC.CC.CC.CC(C)c1ccc(ONCC=O)cc1.O=CCNOc1ccccc1.O=CCNOc1ccccc1. The third-order valence-corrected chi connectivity index (χ3v) is 4.10.